The number of aliphatic imine (C=N–C) groups is 1. The number of nitrogens with zero attached hydrogens (tertiary/aromatic N) is 1. The van der Waals surface area contributed by atoms with Crippen LogP contribution in [0.5, 0.6) is 5.75 Å². The topological polar surface area (TPSA) is 33.6 Å². The van der Waals surface area contributed by atoms with Crippen LogP contribution in [-0.4, -0.2) is 31.2 Å². The Bertz CT molecular complexity index is 830. The molecule has 1 aliphatic heterocycles. The van der Waals surface area contributed by atoms with Gasteiger partial charge in [0.1, 0.15) is 11.6 Å². The molecule has 0 saturated heterocycles. The quantitative estimate of drug-likeness (QED) is 0.478. The Morgan fingerprint density at radius 2 is 2.07 bits per heavy atom. The predicted octanol–water partition coefficient (Wildman–Crippen LogP) is 4.82. The molecular formula is C20H19F5N2O. The number of fused-ring (bicyclic) bond motifs is 1. The average Bonchev–Trinajstić information content (AvgIpc) is 3.06. The monoisotopic (exact) mass is 398 g/mol. The number of rotatable bonds is 9. The molecule has 3 rings (SSSR count). The minimum absolute atomic E-state index is 0.00882. The molecule has 0 amide bonds. The Morgan fingerprint density at radius 1 is 1.25 bits per heavy atom. The molecule has 1 aliphatic carbocycles. The maximum atomic E-state index is 13.2. The third kappa shape index (κ3) is 5.07. The molecule has 3 nitrogen and oxygen atoms in total. The van der Waals surface area contributed by atoms with E-state index in [1.54, 1.807) is 24.4 Å². The van der Waals surface area contributed by atoms with Crippen molar-refractivity contribution in [3.8, 4) is 5.75 Å². The van der Waals surface area contributed by atoms with E-state index in [2.05, 4.69) is 10.3 Å². The summed E-state index contributed by atoms with van der Waals surface area (Å²) in [7, 11) is 0. The summed E-state index contributed by atoms with van der Waals surface area (Å²) < 4.78 is 68.2. The largest absolute Gasteiger partial charge is 0.487 e. The smallest absolute Gasteiger partial charge is 0.340 e. The van der Waals surface area contributed by atoms with Gasteiger partial charge >= 0.3 is 12.3 Å². The first-order chi connectivity index (χ1) is 13.3. The highest BCUT2D eigenvalue weighted by Gasteiger charge is 2.41. The van der Waals surface area contributed by atoms with Gasteiger partial charge < -0.3 is 10.1 Å². The van der Waals surface area contributed by atoms with Gasteiger partial charge in [-0.05, 0) is 48.4 Å². The van der Waals surface area contributed by atoms with Crippen LogP contribution in [0, 0.1) is 5.92 Å². The van der Waals surface area contributed by atoms with Gasteiger partial charge in [0, 0.05) is 18.7 Å². The van der Waals surface area contributed by atoms with Gasteiger partial charge in [0.05, 0.1) is 5.71 Å². The fraction of sp³-hybridized carbons (Fsp3) is 0.350. The lowest BCUT2D eigenvalue weighted by atomic mass is 9.91. The third-order valence-corrected chi connectivity index (χ3v) is 4.40. The molecule has 0 fully saturated rings. The summed E-state index contributed by atoms with van der Waals surface area (Å²) in [6, 6.07) is 6.36. The molecule has 1 N–H and O–H groups in total. The van der Waals surface area contributed by atoms with Gasteiger partial charge in [0.15, 0.2) is 6.61 Å². The maximum Gasteiger partial charge on any atom is 0.340 e. The second kappa shape index (κ2) is 8.68. The summed E-state index contributed by atoms with van der Waals surface area (Å²) in [5.74, 6) is -4.38. The normalized spacial score (nSPS) is 18.6. The summed E-state index contributed by atoms with van der Waals surface area (Å²) in [5, 5.41) is 3.22. The number of hydrogen-bond donors (Lipinski definition) is 1. The number of halogens is 5. The van der Waals surface area contributed by atoms with Crippen molar-refractivity contribution in [1.29, 1.82) is 0 Å². The first-order valence-corrected chi connectivity index (χ1v) is 8.75. The van der Waals surface area contributed by atoms with Crippen LogP contribution in [0.1, 0.15) is 12.0 Å². The Morgan fingerprint density at radius 3 is 2.86 bits per heavy atom. The van der Waals surface area contributed by atoms with Crippen LogP contribution in [-0.2, 0) is 6.54 Å². The van der Waals surface area contributed by atoms with Gasteiger partial charge in [0.25, 0.3) is 0 Å². The van der Waals surface area contributed by atoms with Crippen LogP contribution in [0.4, 0.5) is 22.0 Å². The molecule has 28 heavy (non-hydrogen) atoms. The van der Waals surface area contributed by atoms with E-state index in [1.807, 2.05) is 0 Å². The van der Waals surface area contributed by atoms with E-state index in [-0.39, 0.29) is 17.5 Å². The van der Waals surface area contributed by atoms with Crippen LogP contribution >= 0.6 is 0 Å². The molecule has 0 aromatic heterocycles. The van der Waals surface area contributed by atoms with Crippen LogP contribution < -0.4 is 10.1 Å². The SMILES string of the molecule is FC1=CC2=NC=C(CCNCc3cccc(OCC(F)(F)C(F)F)c3)C2C=C1. The molecule has 1 heterocycles. The maximum absolute atomic E-state index is 13.2. The van der Waals surface area contributed by atoms with Gasteiger partial charge in [-0.25, -0.2) is 13.2 Å². The number of benzene rings is 1. The van der Waals surface area contributed by atoms with Crippen molar-refractivity contribution in [2.75, 3.05) is 13.2 Å². The first kappa shape index (κ1) is 20.3. The molecule has 2 aliphatic rings. The average molecular weight is 398 g/mol. The van der Waals surface area contributed by atoms with Crippen LogP contribution in [0.3, 0.4) is 0 Å². The molecule has 0 radical (unpaired) electrons. The molecular weight excluding hydrogens is 379 g/mol. The molecule has 0 spiro atoms. The summed E-state index contributed by atoms with van der Waals surface area (Å²) >= 11 is 0. The molecule has 1 aromatic rings. The van der Waals surface area contributed by atoms with Gasteiger partial charge in [-0.15, -0.1) is 0 Å². The number of hydrogen-bond acceptors (Lipinski definition) is 3. The van der Waals surface area contributed by atoms with Gasteiger partial charge in [-0.2, -0.15) is 8.78 Å². The van der Waals surface area contributed by atoms with Crippen molar-refractivity contribution in [2.45, 2.75) is 25.3 Å². The fourth-order valence-electron chi connectivity index (χ4n) is 2.91. The number of allylic oxidation sites excluding steroid dienone is 4. The molecule has 150 valence electrons. The van der Waals surface area contributed by atoms with E-state index in [4.69, 9.17) is 4.74 Å². The Balaban J connectivity index is 1.43. The Kier molecular flexibility index (Phi) is 6.28. The lowest BCUT2D eigenvalue weighted by Crippen LogP contribution is -2.33. The minimum atomic E-state index is -4.18. The van der Waals surface area contributed by atoms with E-state index >= 15 is 0 Å². The lowest BCUT2D eigenvalue weighted by molar-refractivity contribution is -0.148. The number of ether oxygens (including phenoxy) is 1. The second-order valence-electron chi connectivity index (χ2n) is 6.55. The Labute approximate surface area is 159 Å². The predicted molar refractivity (Wildman–Crippen MR) is 96.6 cm³/mol. The van der Waals surface area contributed by atoms with Crippen molar-refractivity contribution in [3.63, 3.8) is 0 Å². The Hall–Kier alpha value is -2.48. The van der Waals surface area contributed by atoms with Crippen molar-refractivity contribution >= 4 is 5.71 Å². The number of nitrogens with one attached hydrogen (secondary N) is 1. The highest BCUT2D eigenvalue weighted by atomic mass is 19.3. The molecule has 8 heteroatoms. The van der Waals surface area contributed by atoms with E-state index in [0.29, 0.717) is 25.2 Å². The summed E-state index contributed by atoms with van der Waals surface area (Å²) in [6.45, 7) is -0.278. The standard InChI is InChI=1S/C20H19F5N2O/c21-15-4-5-17-14(11-27-18(17)9-15)6-7-26-10-13-2-1-3-16(8-13)28-12-20(24,25)19(22)23/h1-5,8-9,11,17,19,26H,6-7,10,12H2. The van der Waals surface area contributed by atoms with Gasteiger partial charge in [0.2, 0.25) is 0 Å². The van der Waals surface area contributed by atoms with Crippen LogP contribution in [0.25, 0.3) is 0 Å². The van der Waals surface area contributed by atoms with Crippen LogP contribution in [0.2, 0.25) is 0 Å². The van der Waals surface area contributed by atoms with Crippen molar-refractivity contribution in [3.05, 3.63) is 65.7 Å². The molecule has 0 bridgehead atoms. The third-order valence-electron chi connectivity index (χ3n) is 4.40. The minimum Gasteiger partial charge on any atom is -0.487 e. The zero-order valence-electron chi connectivity index (χ0n) is 14.8. The highest BCUT2D eigenvalue weighted by Crippen LogP contribution is 2.29. The zero-order valence-corrected chi connectivity index (χ0v) is 14.8. The highest BCUT2D eigenvalue weighted by molar-refractivity contribution is 6.03. The molecule has 1 atom stereocenters. The van der Waals surface area contributed by atoms with Crippen molar-refractivity contribution in [1.82, 2.24) is 5.32 Å². The van der Waals surface area contributed by atoms with Gasteiger partial charge in [-0.1, -0.05) is 18.2 Å². The second-order valence-corrected chi connectivity index (χ2v) is 6.55. The molecule has 1 aromatic carbocycles. The van der Waals surface area contributed by atoms with E-state index in [1.165, 1.54) is 24.3 Å². The van der Waals surface area contributed by atoms with E-state index in [0.717, 1.165) is 11.1 Å². The number of alkyl halides is 4. The van der Waals surface area contributed by atoms with Gasteiger partial charge in [-0.3, -0.25) is 4.99 Å². The van der Waals surface area contributed by atoms with E-state index in [9.17, 15) is 22.0 Å². The lowest BCUT2D eigenvalue weighted by Gasteiger charge is -2.16. The molecule has 0 saturated carbocycles. The summed E-state index contributed by atoms with van der Waals surface area (Å²) in [4.78, 5) is 4.22. The molecule has 1 unspecified atom stereocenters. The summed E-state index contributed by atoms with van der Waals surface area (Å²) in [6.07, 6.45) is 3.33. The zero-order chi connectivity index (χ0) is 20.1. The van der Waals surface area contributed by atoms with Crippen molar-refractivity contribution < 1.29 is 26.7 Å². The first-order valence-electron chi connectivity index (χ1n) is 8.75. The van der Waals surface area contributed by atoms with Crippen molar-refractivity contribution in [2.24, 2.45) is 10.9 Å². The van der Waals surface area contributed by atoms with E-state index < -0.39 is 19.0 Å². The fourth-order valence-corrected chi connectivity index (χ4v) is 2.91. The summed E-state index contributed by atoms with van der Waals surface area (Å²) in [5.41, 5.74) is 2.55. The van der Waals surface area contributed by atoms with Crippen LogP contribution in [0.15, 0.2) is 65.1 Å².